The Morgan fingerprint density at radius 1 is 1.00 bits per heavy atom. The Morgan fingerprint density at radius 3 is 2.35 bits per heavy atom. The number of carbonyl (C=O) groups is 2. The molecular formula is C18H18FN3O4. The second-order valence-corrected chi connectivity index (χ2v) is 5.85. The van der Waals surface area contributed by atoms with Crippen LogP contribution in [0.4, 0.5) is 15.8 Å². The highest BCUT2D eigenvalue weighted by atomic mass is 19.1. The molecule has 0 bridgehead atoms. The van der Waals surface area contributed by atoms with Crippen molar-refractivity contribution in [2.24, 2.45) is 0 Å². The zero-order chi connectivity index (χ0) is 18.5. The molecule has 0 spiro atoms. The lowest BCUT2D eigenvalue weighted by Gasteiger charge is -2.16. The van der Waals surface area contributed by atoms with Crippen LogP contribution >= 0.6 is 0 Å². The SMILES string of the molecule is CN(CC(=O)Nc1cccc(F)c1)CC(=O)Nc1ccc2c(c1)OCO2. The summed E-state index contributed by atoms with van der Waals surface area (Å²) < 4.78 is 23.6. The van der Waals surface area contributed by atoms with Crippen LogP contribution in [0.15, 0.2) is 42.5 Å². The number of nitrogens with zero attached hydrogens (tertiary/aromatic N) is 1. The minimum atomic E-state index is -0.431. The quantitative estimate of drug-likeness (QED) is 0.825. The normalized spacial score (nSPS) is 12.1. The largest absolute Gasteiger partial charge is 0.454 e. The smallest absolute Gasteiger partial charge is 0.238 e. The number of rotatable bonds is 6. The van der Waals surface area contributed by atoms with E-state index in [1.54, 1.807) is 36.2 Å². The molecule has 8 heteroatoms. The summed E-state index contributed by atoms with van der Waals surface area (Å²) in [7, 11) is 1.64. The number of halogens is 1. The summed E-state index contributed by atoms with van der Waals surface area (Å²) in [6.45, 7) is 0.173. The fraction of sp³-hybridized carbons (Fsp3) is 0.222. The van der Waals surface area contributed by atoms with Gasteiger partial charge < -0.3 is 20.1 Å². The number of ether oxygens (including phenoxy) is 2. The first-order valence-corrected chi connectivity index (χ1v) is 7.93. The van der Waals surface area contributed by atoms with E-state index in [2.05, 4.69) is 10.6 Å². The van der Waals surface area contributed by atoms with Gasteiger partial charge in [-0.2, -0.15) is 0 Å². The molecule has 0 unspecified atom stereocenters. The molecule has 0 fully saturated rings. The zero-order valence-corrected chi connectivity index (χ0v) is 14.1. The molecule has 2 N–H and O–H groups in total. The summed E-state index contributed by atoms with van der Waals surface area (Å²) in [5.41, 5.74) is 0.949. The van der Waals surface area contributed by atoms with E-state index < -0.39 is 5.82 Å². The van der Waals surface area contributed by atoms with Crippen molar-refractivity contribution in [3.05, 3.63) is 48.3 Å². The van der Waals surface area contributed by atoms with Crippen LogP contribution in [0.25, 0.3) is 0 Å². The summed E-state index contributed by atoms with van der Waals surface area (Å²) in [5, 5.41) is 5.32. The second kappa shape index (κ2) is 7.83. The molecule has 0 aromatic heterocycles. The Morgan fingerprint density at radius 2 is 1.65 bits per heavy atom. The monoisotopic (exact) mass is 359 g/mol. The topological polar surface area (TPSA) is 79.9 Å². The number of amides is 2. The highest BCUT2D eigenvalue weighted by molar-refractivity contribution is 5.94. The highest BCUT2D eigenvalue weighted by Gasteiger charge is 2.15. The average molecular weight is 359 g/mol. The molecule has 1 heterocycles. The van der Waals surface area contributed by atoms with Crippen LogP contribution in [-0.4, -0.2) is 43.6 Å². The van der Waals surface area contributed by atoms with Crippen molar-refractivity contribution < 1.29 is 23.5 Å². The third kappa shape index (κ3) is 4.70. The van der Waals surface area contributed by atoms with Gasteiger partial charge in [0, 0.05) is 17.4 Å². The van der Waals surface area contributed by atoms with Crippen LogP contribution in [0.1, 0.15) is 0 Å². The van der Waals surface area contributed by atoms with E-state index >= 15 is 0 Å². The molecule has 1 aliphatic rings. The van der Waals surface area contributed by atoms with Gasteiger partial charge in [-0.15, -0.1) is 0 Å². The number of likely N-dealkylation sites (N-methyl/N-ethyl adjacent to an activating group) is 1. The van der Waals surface area contributed by atoms with Gasteiger partial charge in [0.25, 0.3) is 0 Å². The van der Waals surface area contributed by atoms with Gasteiger partial charge in [0.05, 0.1) is 13.1 Å². The lowest BCUT2D eigenvalue weighted by Crippen LogP contribution is -2.36. The number of anilines is 2. The van der Waals surface area contributed by atoms with Crippen molar-refractivity contribution in [1.29, 1.82) is 0 Å². The van der Waals surface area contributed by atoms with E-state index in [-0.39, 0.29) is 31.7 Å². The summed E-state index contributed by atoms with van der Waals surface area (Å²) in [6, 6.07) is 10.7. The first-order chi connectivity index (χ1) is 12.5. The van der Waals surface area contributed by atoms with Gasteiger partial charge in [0.1, 0.15) is 5.82 Å². The predicted molar refractivity (Wildman–Crippen MR) is 93.7 cm³/mol. The van der Waals surface area contributed by atoms with Crippen molar-refractivity contribution in [3.8, 4) is 11.5 Å². The average Bonchev–Trinajstić information content (AvgIpc) is 3.01. The number of fused-ring (bicyclic) bond motifs is 1. The van der Waals surface area contributed by atoms with E-state index in [4.69, 9.17) is 9.47 Å². The van der Waals surface area contributed by atoms with Crippen LogP contribution in [0.2, 0.25) is 0 Å². The predicted octanol–water partition coefficient (Wildman–Crippen LogP) is 2.06. The van der Waals surface area contributed by atoms with Gasteiger partial charge in [-0.05, 0) is 37.4 Å². The fourth-order valence-corrected chi connectivity index (χ4v) is 2.49. The second-order valence-electron chi connectivity index (χ2n) is 5.85. The van der Waals surface area contributed by atoms with Gasteiger partial charge >= 0.3 is 0 Å². The standard InChI is InChI=1S/C18H18FN3O4/c1-22(9-17(23)20-13-4-2-3-12(19)7-13)10-18(24)21-14-5-6-15-16(8-14)26-11-25-15/h2-8H,9-11H2,1H3,(H,20,23)(H,21,24). The van der Waals surface area contributed by atoms with Gasteiger partial charge in [-0.25, -0.2) is 4.39 Å². The molecule has 26 heavy (non-hydrogen) atoms. The third-order valence-corrected chi connectivity index (χ3v) is 3.59. The van der Waals surface area contributed by atoms with Gasteiger partial charge in [-0.1, -0.05) is 6.07 Å². The van der Waals surface area contributed by atoms with Crippen LogP contribution in [-0.2, 0) is 9.59 Å². The fourth-order valence-electron chi connectivity index (χ4n) is 2.49. The number of nitrogens with one attached hydrogen (secondary N) is 2. The minimum Gasteiger partial charge on any atom is -0.454 e. The number of carbonyl (C=O) groups excluding carboxylic acids is 2. The van der Waals surface area contributed by atoms with Crippen LogP contribution < -0.4 is 20.1 Å². The lowest BCUT2D eigenvalue weighted by molar-refractivity contribution is -0.119. The van der Waals surface area contributed by atoms with E-state index in [1.807, 2.05) is 0 Å². The first kappa shape index (κ1) is 17.7. The maximum absolute atomic E-state index is 13.1. The van der Waals surface area contributed by atoms with Crippen LogP contribution in [0.5, 0.6) is 11.5 Å². The lowest BCUT2D eigenvalue weighted by atomic mass is 10.2. The molecular weight excluding hydrogens is 341 g/mol. The summed E-state index contributed by atoms with van der Waals surface area (Å²) in [6.07, 6.45) is 0. The molecule has 2 amide bonds. The Hall–Kier alpha value is -3.13. The van der Waals surface area contributed by atoms with E-state index in [9.17, 15) is 14.0 Å². The first-order valence-electron chi connectivity index (χ1n) is 7.93. The van der Waals surface area contributed by atoms with Crippen LogP contribution in [0, 0.1) is 5.82 Å². The maximum Gasteiger partial charge on any atom is 0.238 e. The molecule has 2 aromatic rings. The Balaban J connectivity index is 1.47. The molecule has 1 aliphatic heterocycles. The van der Waals surface area contributed by atoms with E-state index in [1.165, 1.54) is 18.2 Å². The van der Waals surface area contributed by atoms with E-state index in [0.717, 1.165) is 0 Å². The maximum atomic E-state index is 13.1. The zero-order valence-electron chi connectivity index (χ0n) is 14.1. The van der Waals surface area contributed by atoms with Crippen molar-refractivity contribution >= 4 is 23.2 Å². The minimum absolute atomic E-state index is 0.00886. The summed E-state index contributed by atoms with van der Waals surface area (Å²) in [4.78, 5) is 25.6. The van der Waals surface area contributed by atoms with Gasteiger partial charge in [0.2, 0.25) is 18.6 Å². The molecule has 136 valence electrons. The van der Waals surface area contributed by atoms with Gasteiger partial charge in [0.15, 0.2) is 11.5 Å². The van der Waals surface area contributed by atoms with Crippen LogP contribution in [0.3, 0.4) is 0 Å². The summed E-state index contributed by atoms with van der Waals surface area (Å²) >= 11 is 0. The van der Waals surface area contributed by atoms with Crippen molar-refractivity contribution in [3.63, 3.8) is 0 Å². The third-order valence-electron chi connectivity index (χ3n) is 3.59. The molecule has 7 nitrogen and oxygen atoms in total. The van der Waals surface area contributed by atoms with Gasteiger partial charge in [-0.3, -0.25) is 14.5 Å². The Bertz CT molecular complexity index is 828. The van der Waals surface area contributed by atoms with Crippen molar-refractivity contribution in [2.75, 3.05) is 37.6 Å². The molecule has 2 aromatic carbocycles. The Labute approximate surface area is 149 Å². The molecule has 3 rings (SSSR count). The van der Waals surface area contributed by atoms with Crippen molar-refractivity contribution in [1.82, 2.24) is 4.90 Å². The molecule has 0 atom stereocenters. The molecule has 0 saturated carbocycles. The number of benzene rings is 2. The molecule has 0 saturated heterocycles. The Kier molecular flexibility index (Phi) is 5.33. The molecule has 0 radical (unpaired) electrons. The number of hydrogen-bond donors (Lipinski definition) is 2. The number of hydrogen-bond acceptors (Lipinski definition) is 5. The highest BCUT2D eigenvalue weighted by Crippen LogP contribution is 2.34. The van der Waals surface area contributed by atoms with E-state index in [0.29, 0.717) is 22.9 Å². The molecule has 0 aliphatic carbocycles. The summed E-state index contributed by atoms with van der Waals surface area (Å²) in [5.74, 6) is 0.165. The van der Waals surface area contributed by atoms with Crippen molar-refractivity contribution in [2.45, 2.75) is 0 Å².